The summed E-state index contributed by atoms with van der Waals surface area (Å²) in [5.74, 6) is -0.117. The topological polar surface area (TPSA) is 32.7 Å². The molecular weight excluding hydrogens is 221 g/mol. The van der Waals surface area contributed by atoms with Crippen molar-refractivity contribution in [3.63, 3.8) is 0 Å². The minimum absolute atomic E-state index is 0.0935. The van der Waals surface area contributed by atoms with Crippen molar-refractivity contribution in [2.45, 2.75) is 26.1 Å². The number of nitrogens with zero attached hydrogens (tertiary/aromatic N) is 1. The van der Waals surface area contributed by atoms with Gasteiger partial charge in [0, 0.05) is 13.1 Å². The Morgan fingerprint density at radius 2 is 2.24 bits per heavy atom. The lowest BCUT2D eigenvalue weighted by atomic mass is 10.1. The van der Waals surface area contributed by atoms with Crippen molar-refractivity contribution in [3.8, 4) is 5.75 Å². The summed E-state index contributed by atoms with van der Waals surface area (Å²) in [4.78, 5) is 2.28. The summed E-state index contributed by atoms with van der Waals surface area (Å²) < 4.78 is 19.1. The zero-order valence-corrected chi connectivity index (χ0v) is 10.0. The Kier molecular flexibility index (Phi) is 3.97. The quantitative estimate of drug-likeness (QED) is 0.850. The number of halogens is 1. The van der Waals surface area contributed by atoms with E-state index in [2.05, 4.69) is 11.8 Å². The van der Waals surface area contributed by atoms with E-state index in [-0.39, 0.29) is 18.5 Å². The monoisotopic (exact) mass is 239 g/mol. The summed E-state index contributed by atoms with van der Waals surface area (Å²) in [7, 11) is 0. The second kappa shape index (κ2) is 5.47. The third-order valence-electron chi connectivity index (χ3n) is 2.94. The highest BCUT2D eigenvalue weighted by Crippen LogP contribution is 2.22. The summed E-state index contributed by atoms with van der Waals surface area (Å²) in [6.07, 6.45) is 1.22. The molecule has 1 aliphatic heterocycles. The molecule has 1 saturated heterocycles. The van der Waals surface area contributed by atoms with Crippen LogP contribution in [0.15, 0.2) is 18.2 Å². The lowest BCUT2D eigenvalue weighted by Gasteiger charge is -2.38. The molecule has 1 N–H and O–H groups in total. The summed E-state index contributed by atoms with van der Waals surface area (Å²) >= 11 is 0. The molecule has 2 rings (SSSR count). The second-order valence-electron chi connectivity index (χ2n) is 4.42. The van der Waals surface area contributed by atoms with Crippen LogP contribution in [0.2, 0.25) is 0 Å². The zero-order valence-electron chi connectivity index (χ0n) is 10.0. The molecule has 0 spiro atoms. The number of aliphatic hydroxyl groups is 1. The maximum absolute atomic E-state index is 13.6. The van der Waals surface area contributed by atoms with E-state index in [0.29, 0.717) is 5.56 Å². The summed E-state index contributed by atoms with van der Waals surface area (Å²) in [6.45, 7) is 4.81. The van der Waals surface area contributed by atoms with Gasteiger partial charge in [-0.1, -0.05) is 13.0 Å². The first-order valence-corrected chi connectivity index (χ1v) is 6.01. The molecule has 1 aromatic rings. The highest BCUT2D eigenvalue weighted by molar-refractivity contribution is 5.29. The molecule has 3 nitrogen and oxygen atoms in total. The van der Waals surface area contributed by atoms with Gasteiger partial charge in [-0.3, -0.25) is 4.90 Å². The molecule has 0 amide bonds. The summed E-state index contributed by atoms with van der Waals surface area (Å²) in [5, 5.41) is 8.87. The van der Waals surface area contributed by atoms with E-state index in [9.17, 15) is 4.39 Å². The minimum atomic E-state index is -0.398. The number of hydrogen-bond donors (Lipinski definition) is 1. The van der Waals surface area contributed by atoms with E-state index in [1.807, 2.05) is 0 Å². The predicted octanol–water partition coefficient (Wildman–Crippen LogP) is 1.79. The Morgan fingerprint density at radius 1 is 1.47 bits per heavy atom. The molecular formula is C13H18FNO2. The van der Waals surface area contributed by atoms with Gasteiger partial charge in [-0.15, -0.1) is 0 Å². The van der Waals surface area contributed by atoms with Gasteiger partial charge >= 0.3 is 0 Å². The van der Waals surface area contributed by atoms with E-state index in [4.69, 9.17) is 9.84 Å². The van der Waals surface area contributed by atoms with Crippen LogP contribution < -0.4 is 4.74 Å². The lowest BCUT2D eigenvalue weighted by molar-refractivity contribution is 0.0179. The first-order valence-electron chi connectivity index (χ1n) is 6.01. The molecule has 0 aromatic heterocycles. The molecule has 17 heavy (non-hydrogen) atoms. The lowest BCUT2D eigenvalue weighted by Crippen LogP contribution is -2.53. The molecule has 4 heteroatoms. The van der Waals surface area contributed by atoms with E-state index in [0.717, 1.165) is 26.1 Å². The van der Waals surface area contributed by atoms with Gasteiger partial charge in [0.15, 0.2) is 11.6 Å². The van der Waals surface area contributed by atoms with E-state index in [1.54, 1.807) is 12.1 Å². The molecule has 0 aliphatic carbocycles. The molecule has 0 radical (unpaired) electrons. The van der Waals surface area contributed by atoms with Crippen LogP contribution in [0.4, 0.5) is 4.39 Å². The van der Waals surface area contributed by atoms with Gasteiger partial charge in [0.25, 0.3) is 0 Å². The van der Waals surface area contributed by atoms with Crippen molar-refractivity contribution in [1.29, 1.82) is 0 Å². The average molecular weight is 239 g/mol. The number of likely N-dealkylation sites (tertiary alicyclic amines) is 1. The normalized spacial score (nSPS) is 16.9. The number of benzene rings is 1. The van der Waals surface area contributed by atoms with Crippen LogP contribution in [-0.4, -0.2) is 35.7 Å². The van der Waals surface area contributed by atoms with Crippen molar-refractivity contribution in [2.24, 2.45) is 0 Å². The maximum atomic E-state index is 13.6. The number of hydrogen-bond acceptors (Lipinski definition) is 3. The molecule has 1 fully saturated rings. The van der Waals surface area contributed by atoms with Crippen LogP contribution in [0, 0.1) is 5.82 Å². The third-order valence-corrected chi connectivity index (χ3v) is 2.94. The first kappa shape index (κ1) is 12.3. The van der Waals surface area contributed by atoms with E-state index >= 15 is 0 Å². The Balaban J connectivity index is 1.88. The van der Waals surface area contributed by atoms with Gasteiger partial charge in [0.05, 0.1) is 6.61 Å². The number of aliphatic hydroxyl groups excluding tert-OH is 1. The summed E-state index contributed by atoms with van der Waals surface area (Å²) in [6, 6.07) is 4.59. The fourth-order valence-corrected chi connectivity index (χ4v) is 2.01. The van der Waals surface area contributed by atoms with Crippen molar-refractivity contribution >= 4 is 0 Å². The van der Waals surface area contributed by atoms with Crippen LogP contribution in [-0.2, 0) is 6.61 Å². The fourth-order valence-electron chi connectivity index (χ4n) is 2.01. The molecule has 0 atom stereocenters. The highest BCUT2D eigenvalue weighted by Gasteiger charge is 2.28. The van der Waals surface area contributed by atoms with Gasteiger partial charge < -0.3 is 9.84 Å². The molecule has 1 heterocycles. The van der Waals surface area contributed by atoms with Crippen molar-refractivity contribution < 1.29 is 14.2 Å². The van der Waals surface area contributed by atoms with Crippen molar-refractivity contribution in [2.75, 3.05) is 19.6 Å². The average Bonchev–Trinajstić information content (AvgIpc) is 2.28. The largest absolute Gasteiger partial charge is 0.485 e. The van der Waals surface area contributed by atoms with Gasteiger partial charge in [0.1, 0.15) is 6.10 Å². The molecule has 1 aliphatic rings. The third kappa shape index (κ3) is 2.96. The van der Waals surface area contributed by atoms with Gasteiger partial charge in [-0.05, 0) is 30.7 Å². The van der Waals surface area contributed by atoms with E-state index in [1.165, 1.54) is 6.07 Å². The van der Waals surface area contributed by atoms with Crippen molar-refractivity contribution in [3.05, 3.63) is 29.6 Å². The number of rotatable bonds is 5. The van der Waals surface area contributed by atoms with Crippen LogP contribution in [0.3, 0.4) is 0 Å². The van der Waals surface area contributed by atoms with Crippen LogP contribution >= 0.6 is 0 Å². The van der Waals surface area contributed by atoms with E-state index < -0.39 is 5.82 Å². The minimum Gasteiger partial charge on any atom is -0.485 e. The molecule has 0 saturated carbocycles. The molecule has 94 valence electrons. The zero-order chi connectivity index (χ0) is 12.3. The first-order chi connectivity index (χ1) is 8.22. The Labute approximate surface area is 101 Å². The van der Waals surface area contributed by atoms with Crippen LogP contribution in [0.25, 0.3) is 0 Å². The van der Waals surface area contributed by atoms with Crippen LogP contribution in [0.1, 0.15) is 18.9 Å². The maximum Gasteiger partial charge on any atom is 0.165 e. The second-order valence-corrected chi connectivity index (χ2v) is 4.42. The molecule has 1 aromatic carbocycles. The van der Waals surface area contributed by atoms with Gasteiger partial charge in [0.2, 0.25) is 0 Å². The predicted molar refractivity (Wildman–Crippen MR) is 63.5 cm³/mol. The standard InChI is InChI=1S/C13H18FNO2/c1-2-5-15-7-11(8-15)17-13-4-3-10(9-16)6-12(13)14/h3-4,6,11,16H,2,5,7-9H2,1H3. The van der Waals surface area contributed by atoms with Gasteiger partial charge in [-0.2, -0.15) is 0 Å². The van der Waals surface area contributed by atoms with Gasteiger partial charge in [-0.25, -0.2) is 4.39 Å². The Bertz CT molecular complexity index is 378. The molecule has 0 bridgehead atoms. The summed E-state index contributed by atoms with van der Waals surface area (Å²) in [5.41, 5.74) is 0.566. The van der Waals surface area contributed by atoms with Crippen LogP contribution in [0.5, 0.6) is 5.75 Å². The SMILES string of the molecule is CCCN1CC(Oc2ccc(CO)cc2F)C1. The Hall–Kier alpha value is -1.13. The number of ether oxygens (including phenoxy) is 1. The Morgan fingerprint density at radius 3 is 2.82 bits per heavy atom. The highest BCUT2D eigenvalue weighted by atomic mass is 19.1. The molecule has 0 unspecified atom stereocenters. The fraction of sp³-hybridized carbons (Fsp3) is 0.538. The smallest absolute Gasteiger partial charge is 0.165 e. The van der Waals surface area contributed by atoms with Crippen molar-refractivity contribution in [1.82, 2.24) is 4.90 Å².